The van der Waals surface area contributed by atoms with Crippen LogP contribution in [0.25, 0.3) is 0 Å². The maximum atomic E-state index is 10.4. The van der Waals surface area contributed by atoms with E-state index >= 15 is 0 Å². The van der Waals surface area contributed by atoms with E-state index in [-0.39, 0.29) is 0 Å². The molecule has 0 unspecified atom stereocenters. The molecular formula is C19H38O2. The van der Waals surface area contributed by atoms with Crippen molar-refractivity contribution in [3.8, 4) is 0 Å². The summed E-state index contributed by atoms with van der Waals surface area (Å²) in [5, 5.41) is 8.53. The second kappa shape index (κ2) is 15.9. The summed E-state index contributed by atoms with van der Waals surface area (Å²) < 4.78 is 0. The fraction of sp³-hybridized carbons (Fsp3) is 0.947. The Balaban J connectivity index is 3.04. The normalized spacial score (nSPS) is 12.5. The van der Waals surface area contributed by atoms with Crippen molar-refractivity contribution in [1.82, 2.24) is 0 Å². The Morgan fingerprint density at radius 1 is 0.762 bits per heavy atom. The third-order valence-electron chi connectivity index (χ3n) is 4.37. The molecule has 126 valence electrons. The van der Waals surface area contributed by atoms with Crippen molar-refractivity contribution in [3.63, 3.8) is 0 Å². The van der Waals surface area contributed by atoms with Gasteiger partial charge in [-0.2, -0.15) is 0 Å². The van der Waals surface area contributed by atoms with Gasteiger partial charge in [-0.05, 0) is 12.3 Å². The maximum Gasteiger partial charge on any atom is 0.303 e. The second-order valence-electron chi connectivity index (χ2n) is 6.72. The molecule has 0 bridgehead atoms. The minimum Gasteiger partial charge on any atom is -0.481 e. The number of hydrogen-bond donors (Lipinski definition) is 1. The van der Waals surface area contributed by atoms with Crippen LogP contribution in [0.2, 0.25) is 0 Å². The summed E-state index contributed by atoms with van der Waals surface area (Å²) in [6, 6.07) is 0. The molecule has 0 rings (SSSR count). The van der Waals surface area contributed by atoms with Gasteiger partial charge in [0.25, 0.3) is 0 Å². The predicted molar refractivity (Wildman–Crippen MR) is 91.7 cm³/mol. The minimum atomic E-state index is -0.654. The molecule has 0 aliphatic carbocycles. The zero-order valence-corrected chi connectivity index (χ0v) is 14.5. The summed E-state index contributed by atoms with van der Waals surface area (Å²) in [6.07, 6.45) is 18.7. The zero-order chi connectivity index (χ0) is 15.8. The number of unbranched alkanes of at least 4 members (excludes halogenated alkanes) is 10. The summed E-state index contributed by atoms with van der Waals surface area (Å²) in [5.74, 6) is 0.273. The number of carbonyl (C=O) groups is 1. The van der Waals surface area contributed by atoms with Crippen LogP contribution >= 0.6 is 0 Å². The SMILES string of the molecule is CCC[C@H](C)CCCCCCCCCCCCCC(=O)O. The van der Waals surface area contributed by atoms with Crippen LogP contribution in [-0.2, 0) is 4.79 Å². The Labute approximate surface area is 132 Å². The average molecular weight is 299 g/mol. The summed E-state index contributed by atoms with van der Waals surface area (Å²) >= 11 is 0. The van der Waals surface area contributed by atoms with E-state index in [1.54, 1.807) is 0 Å². The van der Waals surface area contributed by atoms with Gasteiger partial charge in [-0.3, -0.25) is 4.79 Å². The molecule has 1 atom stereocenters. The van der Waals surface area contributed by atoms with E-state index in [1.807, 2.05) is 0 Å². The monoisotopic (exact) mass is 298 g/mol. The van der Waals surface area contributed by atoms with Crippen LogP contribution in [0, 0.1) is 5.92 Å². The smallest absolute Gasteiger partial charge is 0.303 e. The molecule has 0 amide bonds. The Morgan fingerprint density at radius 3 is 1.62 bits per heavy atom. The first kappa shape index (κ1) is 20.5. The van der Waals surface area contributed by atoms with E-state index in [4.69, 9.17) is 5.11 Å². The fourth-order valence-corrected chi connectivity index (χ4v) is 3.00. The van der Waals surface area contributed by atoms with Crippen molar-refractivity contribution in [2.75, 3.05) is 0 Å². The molecular weight excluding hydrogens is 260 g/mol. The first-order chi connectivity index (χ1) is 10.2. The molecule has 0 aromatic heterocycles. The molecule has 0 heterocycles. The number of rotatable bonds is 16. The maximum absolute atomic E-state index is 10.4. The van der Waals surface area contributed by atoms with E-state index in [0.717, 1.165) is 18.8 Å². The topological polar surface area (TPSA) is 37.3 Å². The van der Waals surface area contributed by atoms with Crippen LogP contribution in [0.1, 0.15) is 110 Å². The van der Waals surface area contributed by atoms with Crippen molar-refractivity contribution >= 4 is 5.97 Å². The molecule has 0 aromatic rings. The van der Waals surface area contributed by atoms with Gasteiger partial charge >= 0.3 is 5.97 Å². The van der Waals surface area contributed by atoms with Crippen molar-refractivity contribution in [1.29, 1.82) is 0 Å². The summed E-state index contributed by atoms with van der Waals surface area (Å²) in [7, 11) is 0. The number of carboxylic acid groups (broad SMARTS) is 1. The lowest BCUT2D eigenvalue weighted by Gasteiger charge is -2.09. The van der Waals surface area contributed by atoms with E-state index in [0.29, 0.717) is 6.42 Å². The van der Waals surface area contributed by atoms with Gasteiger partial charge < -0.3 is 5.11 Å². The van der Waals surface area contributed by atoms with Crippen molar-refractivity contribution in [3.05, 3.63) is 0 Å². The van der Waals surface area contributed by atoms with Crippen molar-refractivity contribution < 1.29 is 9.90 Å². The average Bonchev–Trinajstić information content (AvgIpc) is 2.44. The van der Waals surface area contributed by atoms with Crippen molar-refractivity contribution in [2.45, 2.75) is 110 Å². The van der Waals surface area contributed by atoms with E-state index in [9.17, 15) is 4.79 Å². The molecule has 21 heavy (non-hydrogen) atoms. The lowest BCUT2D eigenvalue weighted by molar-refractivity contribution is -0.137. The lowest BCUT2D eigenvalue weighted by atomic mass is 9.98. The molecule has 0 fully saturated rings. The summed E-state index contributed by atoms with van der Waals surface area (Å²) in [5.41, 5.74) is 0. The van der Waals surface area contributed by atoms with Crippen LogP contribution in [0.15, 0.2) is 0 Å². The van der Waals surface area contributed by atoms with Gasteiger partial charge in [-0.1, -0.05) is 97.3 Å². The van der Waals surface area contributed by atoms with E-state index in [1.165, 1.54) is 77.0 Å². The quantitative estimate of drug-likeness (QED) is 0.327. The zero-order valence-electron chi connectivity index (χ0n) is 14.5. The number of hydrogen-bond acceptors (Lipinski definition) is 1. The van der Waals surface area contributed by atoms with Crippen molar-refractivity contribution in [2.24, 2.45) is 5.92 Å². The van der Waals surface area contributed by atoms with Gasteiger partial charge in [0.1, 0.15) is 0 Å². The fourth-order valence-electron chi connectivity index (χ4n) is 3.00. The molecule has 0 aliphatic heterocycles. The van der Waals surface area contributed by atoms with Crippen LogP contribution in [0.4, 0.5) is 0 Å². The highest BCUT2D eigenvalue weighted by molar-refractivity contribution is 5.66. The first-order valence-corrected chi connectivity index (χ1v) is 9.38. The Hall–Kier alpha value is -0.530. The predicted octanol–water partition coefficient (Wildman–Crippen LogP) is 6.58. The van der Waals surface area contributed by atoms with Crippen LogP contribution in [-0.4, -0.2) is 11.1 Å². The number of aliphatic carboxylic acids is 1. The Bertz CT molecular complexity index is 226. The van der Waals surface area contributed by atoms with Gasteiger partial charge in [-0.15, -0.1) is 0 Å². The molecule has 0 aliphatic rings. The van der Waals surface area contributed by atoms with E-state index < -0.39 is 5.97 Å². The van der Waals surface area contributed by atoms with Gasteiger partial charge in [0.2, 0.25) is 0 Å². The number of carboxylic acids is 1. The highest BCUT2D eigenvalue weighted by Gasteiger charge is 2.00. The van der Waals surface area contributed by atoms with Gasteiger partial charge in [0.05, 0.1) is 0 Å². The van der Waals surface area contributed by atoms with Gasteiger partial charge in [0.15, 0.2) is 0 Å². The summed E-state index contributed by atoms with van der Waals surface area (Å²) in [6.45, 7) is 4.67. The van der Waals surface area contributed by atoms with Gasteiger partial charge in [-0.25, -0.2) is 0 Å². The highest BCUT2D eigenvalue weighted by atomic mass is 16.4. The third-order valence-corrected chi connectivity index (χ3v) is 4.37. The van der Waals surface area contributed by atoms with Crippen LogP contribution in [0.5, 0.6) is 0 Å². The standard InChI is InChI=1S/C19H38O2/c1-3-15-18(2)16-13-11-9-7-5-4-6-8-10-12-14-17-19(20)21/h18H,3-17H2,1-2H3,(H,20,21)/t18-/m0/s1. The highest BCUT2D eigenvalue weighted by Crippen LogP contribution is 2.16. The molecule has 2 nitrogen and oxygen atoms in total. The lowest BCUT2D eigenvalue weighted by Crippen LogP contribution is -1.93. The Kier molecular flexibility index (Phi) is 15.5. The second-order valence-corrected chi connectivity index (χ2v) is 6.72. The van der Waals surface area contributed by atoms with Crippen LogP contribution < -0.4 is 0 Å². The largest absolute Gasteiger partial charge is 0.481 e. The molecule has 0 radical (unpaired) electrons. The first-order valence-electron chi connectivity index (χ1n) is 9.38. The molecule has 2 heteroatoms. The molecule has 1 N–H and O–H groups in total. The minimum absolute atomic E-state index is 0.344. The molecule has 0 aromatic carbocycles. The molecule has 0 saturated carbocycles. The molecule has 0 saturated heterocycles. The Morgan fingerprint density at radius 2 is 1.19 bits per heavy atom. The van der Waals surface area contributed by atoms with Crippen LogP contribution in [0.3, 0.4) is 0 Å². The third kappa shape index (κ3) is 17.4. The summed E-state index contributed by atoms with van der Waals surface area (Å²) in [4.78, 5) is 10.4. The molecule has 0 spiro atoms. The van der Waals surface area contributed by atoms with Gasteiger partial charge in [0, 0.05) is 6.42 Å². The van der Waals surface area contributed by atoms with E-state index in [2.05, 4.69) is 13.8 Å².